The lowest BCUT2D eigenvalue weighted by Gasteiger charge is -2.24. The molecule has 8 heteroatoms. The molecule has 0 atom stereocenters. The first kappa shape index (κ1) is 20.1. The molecule has 29 heavy (non-hydrogen) atoms. The summed E-state index contributed by atoms with van der Waals surface area (Å²) in [6, 6.07) is 21.9. The number of carboxylic acid groups (broad SMARTS) is 1. The van der Waals surface area contributed by atoms with Crippen molar-refractivity contribution in [3.05, 3.63) is 90.5 Å². The zero-order chi connectivity index (χ0) is 20.9. The Morgan fingerprint density at radius 3 is 2.00 bits per heavy atom. The first-order valence-corrected chi connectivity index (χ1v) is 10.1. The number of benzene rings is 3. The number of hydrogen-bond donors (Lipinski definition) is 2. The third-order valence-corrected chi connectivity index (χ3v) is 5.88. The van der Waals surface area contributed by atoms with Crippen LogP contribution in [-0.2, 0) is 14.8 Å². The van der Waals surface area contributed by atoms with Crippen molar-refractivity contribution in [1.82, 2.24) is 0 Å². The fraction of sp³-hybridized carbons (Fsp3) is 0.0476. The van der Waals surface area contributed by atoms with Gasteiger partial charge < -0.3 is 10.4 Å². The van der Waals surface area contributed by atoms with Crippen molar-refractivity contribution < 1.29 is 23.1 Å². The standard InChI is InChI=1S/C21H18N2O5S/c24-20(22-19-14-8-7-13-18(19)21(25)26)15-23(16-9-3-1-4-10-16)29(27,28)17-11-5-2-6-12-17/h1-14H,15H2,(H,22,24)(H,25,26). The maximum atomic E-state index is 13.1. The molecule has 0 saturated carbocycles. The van der Waals surface area contributed by atoms with E-state index < -0.39 is 28.4 Å². The van der Waals surface area contributed by atoms with Crippen LogP contribution in [0.4, 0.5) is 11.4 Å². The fourth-order valence-electron chi connectivity index (χ4n) is 2.73. The van der Waals surface area contributed by atoms with Crippen LogP contribution >= 0.6 is 0 Å². The van der Waals surface area contributed by atoms with E-state index in [-0.39, 0.29) is 16.1 Å². The highest BCUT2D eigenvalue weighted by atomic mass is 32.2. The summed E-state index contributed by atoms with van der Waals surface area (Å²) in [5.41, 5.74) is 0.325. The first-order chi connectivity index (χ1) is 13.9. The summed E-state index contributed by atoms with van der Waals surface area (Å²) in [6.07, 6.45) is 0. The van der Waals surface area contributed by atoms with Crippen molar-refractivity contribution in [1.29, 1.82) is 0 Å². The smallest absolute Gasteiger partial charge is 0.337 e. The Balaban J connectivity index is 1.93. The van der Waals surface area contributed by atoms with E-state index in [9.17, 15) is 23.1 Å². The summed E-state index contributed by atoms with van der Waals surface area (Å²) < 4.78 is 27.3. The number of nitrogens with one attached hydrogen (secondary N) is 1. The number of sulfonamides is 1. The molecule has 3 rings (SSSR count). The summed E-state index contributed by atoms with van der Waals surface area (Å²) in [6.45, 7) is -0.519. The molecular formula is C21H18N2O5S. The Morgan fingerprint density at radius 1 is 0.828 bits per heavy atom. The maximum absolute atomic E-state index is 13.1. The molecule has 3 aromatic rings. The molecule has 0 aliphatic heterocycles. The Kier molecular flexibility index (Phi) is 5.94. The van der Waals surface area contributed by atoms with Crippen LogP contribution in [-0.4, -0.2) is 31.9 Å². The average Bonchev–Trinajstić information content (AvgIpc) is 2.73. The van der Waals surface area contributed by atoms with Gasteiger partial charge >= 0.3 is 5.97 Å². The van der Waals surface area contributed by atoms with Crippen LogP contribution in [0.2, 0.25) is 0 Å². The number of rotatable bonds is 7. The number of hydrogen-bond acceptors (Lipinski definition) is 4. The van der Waals surface area contributed by atoms with Crippen molar-refractivity contribution in [2.45, 2.75) is 4.90 Å². The number of anilines is 2. The molecule has 0 unspecified atom stereocenters. The number of aromatic carboxylic acids is 1. The van der Waals surface area contributed by atoms with E-state index in [1.54, 1.807) is 54.6 Å². The highest BCUT2D eigenvalue weighted by Crippen LogP contribution is 2.23. The third-order valence-electron chi connectivity index (χ3n) is 4.09. The van der Waals surface area contributed by atoms with E-state index in [4.69, 9.17) is 0 Å². The number of carboxylic acids is 1. The van der Waals surface area contributed by atoms with Crippen LogP contribution in [0.15, 0.2) is 89.8 Å². The number of amides is 1. The van der Waals surface area contributed by atoms with Gasteiger partial charge in [0.2, 0.25) is 5.91 Å². The number of nitrogens with zero attached hydrogens (tertiary/aromatic N) is 1. The summed E-state index contributed by atoms with van der Waals surface area (Å²) in [5, 5.41) is 11.7. The Hall–Kier alpha value is -3.65. The third kappa shape index (κ3) is 4.61. The van der Waals surface area contributed by atoms with E-state index >= 15 is 0 Å². The largest absolute Gasteiger partial charge is 0.478 e. The molecular weight excluding hydrogens is 392 g/mol. The number of para-hydroxylation sites is 2. The van der Waals surface area contributed by atoms with E-state index in [1.165, 1.54) is 30.3 Å². The lowest BCUT2D eigenvalue weighted by molar-refractivity contribution is -0.114. The topological polar surface area (TPSA) is 104 Å². The first-order valence-electron chi connectivity index (χ1n) is 8.64. The van der Waals surface area contributed by atoms with Crippen molar-refractivity contribution >= 4 is 33.3 Å². The van der Waals surface area contributed by atoms with Crippen LogP contribution in [0.5, 0.6) is 0 Å². The van der Waals surface area contributed by atoms with Gasteiger partial charge in [0.05, 0.1) is 21.8 Å². The highest BCUT2D eigenvalue weighted by molar-refractivity contribution is 7.92. The SMILES string of the molecule is O=C(CN(c1ccccc1)S(=O)(=O)c1ccccc1)Nc1ccccc1C(=O)O. The van der Waals surface area contributed by atoms with Crippen molar-refractivity contribution in [3.63, 3.8) is 0 Å². The van der Waals surface area contributed by atoms with Gasteiger partial charge in [-0.05, 0) is 36.4 Å². The molecule has 0 aliphatic carbocycles. The molecule has 3 aromatic carbocycles. The minimum absolute atomic E-state index is 0.0441. The molecule has 0 spiro atoms. The van der Waals surface area contributed by atoms with E-state index in [0.29, 0.717) is 5.69 Å². The van der Waals surface area contributed by atoms with Crippen LogP contribution < -0.4 is 9.62 Å². The maximum Gasteiger partial charge on any atom is 0.337 e. The minimum Gasteiger partial charge on any atom is -0.478 e. The zero-order valence-electron chi connectivity index (χ0n) is 15.2. The van der Waals surface area contributed by atoms with Gasteiger partial charge in [-0.2, -0.15) is 0 Å². The van der Waals surface area contributed by atoms with Gasteiger partial charge in [-0.25, -0.2) is 13.2 Å². The van der Waals surface area contributed by atoms with Gasteiger partial charge in [-0.3, -0.25) is 9.10 Å². The number of carbonyl (C=O) groups is 2. The van der Waals surface area contributed by atoms with E-state index in [2.05, 4.69) is 5.32 Å². The molecule has 0 aromatic heterocycles. The van der Waals surface area contributed by atoms with E-state index in [0.717, 1.165) is 4.31 Å². The lowest BCUT2D eigenvalue weighted by atomic mass is 10.2. The Morgan fingerprint density at radius 2 is 1.38 bits per heavy atom. The van der Waals surface area contributed by atoms with Crippen LogP contribution in [0.3, 0.4) is 0 Å². The van der Waals surface area contributed by atoms with Gasteiger partial charge in [-0.1, -0.05) is 48.5 Å². The summed E-state index contributed by atoms with van der Waals surface area (Å²) in [7, 11) is -4.01. The summed E-state index contributed by atoms with van der Waals surface area (Å²) in [4.78, 5) is 24.0. The summed E-state index contributed by atoms with van der Waals surface area (Å²) in [5.74, 6) is -1.86. The second-order valence-electron chi connectivity index (χ2n) is 6.06. The van der Waals surface area contributed by atoms with Gasteiger partial charge in [0.25, 0.3) is 10.0 Å². The van der Waals surface area contributed by atoms with Gasteiger partial charge in [0, 0.05) is 0 Å². The molecule has 0 fully saturated rings. The molecule has 0 aliphatic rings. The predicted octanol–water partition coefficient (Wildman–Crippen LogP) is 3.22. The Bertz CT molecular complexity index is 1120. The predicted molar refractivity (Wildman–Crippen MR) is 109 cm³/mol. The molecule has 0 heterocycles. The van der Waals surface area contributed by atoms with Crippen molar-refractivity contribution in [2.75, 3.05) is 16.2 Å². The molecule has 0 saturated heterocycles. The highest BCUT2D eigenvalue weighted by Gasteiger charge is 2.27. The van der Waals surface area contributed by atoms with Gasteiger partial charge in [-0.15, -0.1) is 0 Å². The molecule has 148 valence electrons. The second kappa shape index (κ2) is 8.57. The van der Waals surface area contributed by atoms with Crippen LogP contribution in [0.25, 0.3) is 0 Å². The monoisotopic (exact) mass is 410 g/mol. The normalized spacial score (nSPS) is 10.9. The molecule has 0 bridgehead atoms. The molecule has 7 nitrogen and oxygen atoms in total. The molecule has 1 amide bonds. The van der Waals surface area contributed by atoms with Crippen molar-refractivity contribution in [3.8, 4) is 0 Å². The fourth-order valence-corrected chi connectivity index (χ4v) is 4.17. The average molecular weight is 410 g/mol. The van der Waals surface area contributed by atoms with Gasteiger partial charge in [0.15, 0.2) is 0 Å². The van der Waals surface area contributed by atoms with E-state index in [1.807, 2.05) is 0 Å². The minimum atomic E-state index is -4.01. The zero-order valence-corrected chi connectivity index (χ0v) is 16.0. The van der Waals surface area contributed by atoms with Crippen molar-refractivity contribution in [2.24, 2.45) is 0 Å². The van der Waals surface area contributed by atoms with Crippen LogP contribution in [0, 0.1) is 0 Å². The van der Waals surface area contributed by atoms with Gasteiger partial charge in [0.1, 0.15) is 6.54 Å². The molecule has 2 N–H and O–H groups in total. The second-order valence-corrected chi connectivity index (χ2v) is 7.92. The quantitative estimate of drug-likeness (QED) is 0.622. The van der Waals surface area contributed by atoms with Crippen LogP contribution in [0.1, 0.15) is 10.4 Å². The Labute approximate surface area is 168 Å². The summed E-state index contributed by atoms with van der Waals surface area (Å²) >= 11 is 0. The lowest BCUT2D eigenvalue weighted by Crippen LogP contribution is -2.38. The number of carbonyl (C=O) groups excluding carboxylic acids is 1. The molecule has 0 radical (unpaired) electrons.